The molecule has 0 atom stereocenters. The maximum absolute atomic E-state index is 10.5. The van der Waals surface area contributed by atoms with Crippen molar-refractivity contribution in [2.45, 2.75) is 0 Å². The van der Waals surface area contributed by atoms with Gasteiger partial charge in [0.2, 0.25) is 0 Å². The standard InChI is InChI=1S/C11H11N3O2/c1-14-10(12-11(15)16)7-9(13-14)8-5-3-2-4-6-8/h2-7,12H,1H3,(H,15,16). The number of carboxylic acid groups (broad SMARTS) is 1. The first-order valence-corrected chi connectivity index (χ1v) is 4.76. The molecule has 0 bridgehead atoms. The molecule has 1 heterocycles. The summed E-state index contributed by atoms with van der Waals surface area (Å²) in [5.74, 6) is 0.450. The Balaban J connectivity index is 2.34. The van der Waals surface area contributed by atoms with Crippen LogP contribution >= 0.6 is 0 Å². The predicted octanol–water partition coefficient (Wildman–Crippen LogP) is 2.18. The molecule has 1 aromatic heterocycles. The molecule has 0 unspecified atom stereocenters. The van der Waals surface area contributed by atoms with Gasteiger partial charge in [0.05, 0.1) is 5.69 Å². The number of benzene rings is 1. The van der Waals surface area contributed by atoms with Crippen molar-refractivity contribution in [1.29, 1.82) is 0 Å². The van der Waals surface area contributed by atoms with E-state index in [0.717, 1.165) is 11.3 Å². The molecule has 5 heteroatoms. The molecular formula is C11H11N3O2. The van der Waals surface area contributed by atoms with Crippen molar-refractivity contribution >= 4 is 11.9 Å². The normalized spacial score (nSPS) is 10.1. The average molecular weight is 217 g/mol. The van der Waals surface area contributed by atoms with Crippen LogP contribution in [0.5, 0.6) is 0 Å². The first-order chi connectivity index (χ1) is 7.66. The highest BCUT2D eigenvalue weighted by Gasteiger charge is 2.08. The first kappa shape index (κ1) is 10.2. The topological polar surface area (TPSA) is 67.2 Å². The number of hydrogen-bond acceptors (Lipinski definition) is 2. The molecule has 0 aliphatic rings. The number of nitrogens with one attached hydrogen (secondary N) is 1. The third-order valence-electron chi connectivity index (χ3n) is 2.18. The molecule has 0 saturated heterocycles. The molecule has 1 aromatic carbocycles. The molecule has 0 aliphatic carbocycles. The van der Waals surface area contributed by atoms with E-state index in [-0.39, 0.29) is 0 Å². The van der Waals surface area contributed by atoms with Crippen LogP contribution in [-0.2, 0) is 7.05 Å². The van der Waals surface area contributed by atoms with Crippen molar-refractivity contribution in [2.75, 3.05) is 5.32 Å². The molecular weight excluding hydrogens is 206 g/mol. The van der Waals surface area contributed by atoms with Crippen LogP contribution in [0.15, 0.2) is 36.4 Å². The average Bonchev–Trinajstić information content (AvgIpc) is 2.61. The minimum absolute atomic E-state index is 0.450. The Labute approximate surface area is 92.3 Å². The molecule has 0 fully saturated rings. The number of rotatable bonds is 2. The highest BCUT2D eigenvalue weighted by atomic mass is 16.4. The molecule has 5 nitrogen and oxygen atoms in total. The Morgan fingerprint density at radius 2 is 2.06 bits per heavy atom. The van der Waals surface area contributed by atoms with Crippen LogP contribution in [0.4, 0.5) is 10.6 Å². The van der Waals surface area contributed by atoms with E-state index in [0.29, 0.717) is 5.82 Å². The Hall–Kier alpha value is -2.30. The van der Waals surface area contributed by atoms with E-state index in [1.807, 2.05) is 30.3 Å². The van der Waals surface area contributed by atoms with Crippen molar-refractivity contribution in [3.8, 4) is 11.3 Å². The van der Waals surface area contributed by atoms with Gasteiger partial charge in [0.15, 0.2) is 0 Å². The monoisotopic (exact) mass is 217 g/mol. The Morgan fingerprint density at radius 1 is 1.38 bits per heavy atom. The SMILES string of the molecule is Cn1nc(-c2ccccc2)cc1NC(=O)O. The summed E-state index contributed by atoms with van der Waals surface area (Å²) in [6, 6.07) is 11.3. The van der Waals surface area contributed by atoms with Gasteiger partial charge in [0.1, 0.15) is 5.82 Å². The minimum Gasteiger partial charge on any atom is -0.465 e. The first-order valence-electron chi connectivity index (χ1n) is 4.76. The predicted molar refractivity (Wildman–Crippen MR) is 60.3 cm³/mol. The van der Waals surface area contributed by atoms with Gasteiger partial charge in [0.25, 0.3) is 0 Å². The molecule has 0 saturated carbocycles. The highest BCUT2D eigenvalue weighted by Crippen LogP contribution is 2.20. The molecule has 0 spiro atoms. The summed E-state index contributed by atoms with van der Waals surface area (Å²) < 4.78 is 1.50. The van der Waals surface area contributed by atoms with Crippen LogP contribution in [0.2, 0.25) is 0 Å². The van der Waals surface area contributed by atoms with E-state index in [2.05, 4.69) is 10.4 Å². The summed E-state index contributed by atoms with van der Waals surface area (Å²) in [7, 11) is 1.69. The van der Waals surface area contributed by atoms with Crippen LogP contribution in [0.25, 0.3) is 11.3 Å². The lowest BCUT2D eigenvalue weighted by Gasteiger charge is -1.98. The van der Waals surface area contributed by atoms with Gasteiger partial charge >= 0.3 is 6.09 Å². The number of nitrogens with zero attached hydrogens (tertiary/aromatic N) is 2. The Morgan fingerprint density at radius 3 is 2.69 bits per heavy atom. The summed E-state index contributed by atoms with van der Waals surface area (Å²) in [5, 5.41) is 15.1. The maximum Gasteiger partial charge on any atom is 0.410 e. The minimum atomic E-state index is -1.09. The second-order valence-corrected chi connectivity index (χ2v) is 3.33. The van der Waals surface area contributed by atoms with Crippen molar-refractivity contribution in [3.05, 3.63) is 36.4 Å². The highest BCUT2D eigenvalue weighted by molar-refractivity contribution is 5.82. The van der Waals surface area contributed by atoms with E-state index in [9.17, 15) is 4.79 Å². The number of hydrogen-bond donors (Lipinski definition) is 2. The number of aryl methyl sites for hydroxylation is 1. The van der Waals surface area contributed by atoms with Crippen LogP contribution in [0, 0.1) is 0 Å². The summed E-state index contributed by atoms with van der Waals surface area (Å²) in [6.45, 7) is 0. The van der Waals surface area contributed by atoms with Gasteiger partial charge in [-0.1, -0.05) is 30.3 Å². The maximum atomic E-state index is 10.5. The van der Waals surface area contributed by atoms with E-state index >= 15 is 0 Å². The number of amides is 1. The zero-order valence-electron chi connectivity index (χ0n) is 8.71. The third-order valence-corrected chi connectivity index (χ3v) is 2.18. The number of carbonyl (C=O) groups is 1. The van der Waals surface area contributed by atoms with Crippen LogP contribution in [0.1, 0.15) is 0 Å². The number of aromatic nitrogens is 2. The van der Waals surface area contributed by atoms with E-state index < -0.39 is 6.09 Å². The molecule has 16 heavy (non-hydrogen) atoms. The van der Waals surface area contributed by atoms with Gasteiger partial charge in [-0.15, -0.1) is 0 Å². The van der Waals surface area contributed by atoms with E-state index in [1.165, 1.54) is 4.68 Å². The van der Waals surface area contributed by atoms with Gasteiger partial charge in [-0.3, -0.25) is 10.00 Å². The van der Waals surface area contributed by atoms with Crippen molar-refractivity contribution in [1.82, 2.24) is 9.78 Å². The zero-order chi connectivity index (χ0) is 11.5. The van der Waals surface area contributed by atoms with Crippen LogP contribution in [0.3, 0.4) is 0 Å². The quantitative estimate of drug-likeness (QED) is 0.810. The third kappa shape index (κ3) is 2.03. The Kier molecular flexibility index (Phi) is 2.59. The van der Waals surface area contributed by atoms with Gasteiger partial charge in [0, 0.05) is 18.7 Å². The van der Waals surface area contributed by atoms with Gasteiger partial charge in [-0.2, -0.15) is 5.10 Å². The smallest absolute Gasteiger partial charge is 0.410 e. The van der Waals surface area contributed by atoms with Crippen LogP contribution in [-0.4, -0.2) is 21.0 Å². The lowest BCUT2D eigenvalue weighted by Crippen LogP contribution is -2.10. The van der Waals surface area contributed by atoms with Gasteiger partial charge < -0.3 is 5.11 Å². The van der Waals surface area contributed by atoms with Gasteiger partial charge in [-0.25, -0.2) is 4.79 Å². The molecule has 2 rings (SSSR count). The zero-order valence-corrected chi connectivity index (χ0v) is 8.71. The second-order valence-electron chi connectivity index (χ2n) is 3.33. The van der Waals surface area contributed by atoms with E-state index in [4.69, 9.17) is 5.11 Å². The largest absolute Gasteiger partial charge is 0.465 e. The van der Waals surface area contributed by atoms with Crippen molar-refractivity contribution in [3.63, 3.8) is 0 Å². The van der Waals surface area contributed by atoms with Crippen molar-refractivity contribution < 1.29 is 9.90 Å². The van der Waals surface area contributed by atoms with Gasteiger partial charge in [-0.05, 0) is 0 Å². The lowest BCUT2D eigenvalue weighted by atomic mass is 10.2. The molecule has 2 N–H and O–H groups in total. The fraction of sp³-hybridized carbons (Fsp3) is 0.0909. The van der Waals surface area contributed by atoms with Crippen molar-refractivity contribution in [2.24, 2.45) is 7.05 Å². The summed E-state index contributed by atoms with van der Waals surface area (Å²) in [4.78, 5) is 10.5. The summed E-state index contributed by atoms with van der Waals surface area (Å²) in [5.41, 5.74) is 1.70. The molecule has 0 aliphatic heterocycles. The summed E-state index contributed by atoms with van der Waals surface area (Å²) in [6.07, 6.45) is -1.09. The second kappa shape index (κ2) is 4.06. The molecule has 0 radical (unpaired) electrons. The van der Waals surface area contributed by atoms with E-state index in [1.54, 1.807) is 13.1 Å². The number of anilines is 1. The molecule has 2 aromatic rings. The molecule has 1 amide bonds. The molecule has 82 valence electrons. The Bertz CT molecular complexity index is 505. The van der Waals surface area contributed by atoms with Crippen LogP contribution < -0.4 is 5.32 Å². The lowest BCUT2D eigenvalue weighted by molar-refractivity contribution is 0.209. The summed E-state index contributed by atoms with van der Waals surface area (Å²) >= 11 is 0. The fourth-order valence-corrected chi connectivity index (χ4v) is 1.44. The fourth-order valence-electron chi connectivity index (χ4n) is 1.44.